The molecule has 24 heavy (non-hydrogen) atoms. The van der Waals surface area contributed by atoms with Gasteiger partial charge in [-0.25, -0.2) is 9.97 Å². The molecule has 0 spiro atoms. The number of nitrogens with zero attached hydrogens (tertiary/aromatic N) is 3. The Kier molecular flexibility index (Phi) is 4.74. The lowest BCUT2D eigenvalue weighted by atomic mass is 10.1. The maximum Gasteiger partial charge on any atom is 0.219 e. The number of aryl methyl sites for hydroxylation is 1. The van der Waals surface area contributed by atoms with Crippen molar-refractivity contribution in [2.24, 2.45) is 0 Å². The number of amides is 1. The number of aromatic amines is 1. The van der Waals surface area contributed by atoms with Gasteiger partial charge in [0.25, 0.3) is 0 Å². The van der Waals surface area contributed by atoms with Gasteiger partial charge in [-0.2, -0.15) is 0 Å². The van der Waals surface area contributed by atoms with Crippen LogP contribution in [-0.2, 0) is 11.3 Å². The number of carbonyl (C=O) groups is 1. The second kappa shape index (κ2) is 7.12. The second-order valence-electron chi connectivity index (χ2n) is 5.62. The molecule has 0 saturated heterocycles. The van der Waals surface area contributed by atoms with Crippen molar-refractivity contribution in [1.29, 1.82) is 0 Å². The Morgan fingerprint density at radius 3 is 2.71 bits per heavy atom. The molecule has 0 aliphatic carbocycles. The van der Waals surface area contributed by atoms with Crippen LogP contribution in [0.25, 0.3) is 22.8 Å². The summed E-state index contributed by atoms with van der Waals surface area (Å²) < 4.78 is 2.02. The zero-order valence-electron chi connectivity index (χ0n) is 13.9. The van der Waals surface area contributed by atoms with Gasteiger partial charge in [0.1, 0.15) is 5.69 Å². The zero-order chi connectivity index (χ0) is 16.9. The maximum absolute atomic E-state index is 11.4. The number of aromatic nitrogens is 4. The van der Waals surface area contributed by atoms with Gasteiger partial charge in [-0.1, -0.05) is 37.3 Å². The highest BCUT2D eigenvalue weighted by Crippen LogP contribution is 2.29. The van der Waals surface area contributed by atoms with Crippen molar-refractivity contribution in [2.45, 2.75) is 26.8 Å². The van der Waals surface area contributed by atoms with Gasteiger partial charge in [0.05, 0.1) is 12.0 Å². The largest absolute Gasteiger partial charge is 0.354 e. The van der Waals surface area contributed by atoms with Gasteiger partial charge in [0.15, 0.2) is 5.82 Å². The van der Waals surface area contributed by atoms with E-state index >= 15 is 0 Å². The van der Waals surface area contributed by atoms with Crippen LogP contribution in [0, 0.1) is 6.92 Å². The number of carbonyl (C=O) groups excluding carboxylic acids is 1. The van der Waals surface area contributed by atoms with Crippen LogP contribution in [0.4, 0.5) is 0 Å². The first-order chi connectivity index (χ1) is 11.7. The lowest BCUT2D eigenvalue weighted by Gasteiger charge is -2.09. The highest BCUT2D eigenvalue weighted by Gasteiger charge is 2.17. The summed E-state index contributed by atoms with van der Waals surface area (Å²) in [6, 6.07) is 10.0. The first-order valence-electron chi connectivity index (χ1n) is 8.08. The van der Waals surface area contributed by atoms with Crippen molar-refractivity contribution in [1.82, 2.24) is 24.8 Å². The van der Waals surface area contributed by atoms with E-state index in [0.717, 1.165) is 28.5 Å². The minimum absolute atomic E-state index is 0.0498. The number of rotatable bonds is 6. The molecule has 0 aliphatic rings. The van der Waals surface area contributed by atoms with Gasteiger partial charge < -0.3 is 14.9 Å². The van der Waals surface area contributed by atoms with Gasteiger partial charge >= 0.3 is 0 Å². The summed E-state index contributed by atoms with van der Waals surface area (Å²) in [6.45, 7) is 5.02. The topological polar surface area (TPSA) is 75.6 Å². The molecule has 0 unspecified atom stereocenters. The van der Waals surface area contributed by atoms with Gasteiger partial charge in [0.2, 0.25) is 5.91 Å². The molecule has 6 nitrogen and oxygen atoms in total. The zero-order valence-corrected chi connectivity index (χ0v) is 13.9. The minimum atomic E-state index is 0.0498. The molecule has 0 bridgehead atoms. The molecule has 3 rings (SSSR count). The number of benzene rings is 1. The third kappa shape index (κ3) is 3.37. The molecular weight excluding hydrogens is 302 g/mol. The van der Waals surface area contributed by atoms with Crippen molar-refractivity contribution in [2.75, 3.05) is 6.54 Å². The van der Waals surface area contributed by atoms with E-state index in [1.54, 1.807) is 12.5 Å². The van der Waals surface area contributed by atoms with E-state index in [0.29, 0.717) is 19.5 Å². The molecule has 124 valence electrons. The Hall–Kier alpha value is -2.89. The second-order valence-corrected chi connectivity index (χ2v) is 5.62. The summed E-state index contributed by atoms with van der Waals surface area (Å²) in [5.74, 6) is 0.833. The van der Waals surface area contributed by atoms with Crippen LogP contribution in [0.5, 0.6) is 0 Å². The maximum atomic E-state index is 11.4. The molecule has 0 saturated carbocycles. The van der Waals surface area contributed by atoms with E-state index in [4.69, 9.17) is 0 Å². The Balaban J connectivity index is 1.94. The van der Waals surface area contributed by atoms with E-state index in [9.17, 15) is 4.79 Å². The van der Waals surface area contributed by atoms with Crippen molar-refractivity contribution in [3.05, 3.63) is 48.5 Å². The first kappa shape index (κ1) is 16.0. The fourth-order valence-electron chi connectivity index (χ4n) is 2.58. The van der Waals surface area contributed by atoms with E-state index in [2.05, 4.69) is 20.3 Å². The Morgan fingerprint density at radius 1 is 1.25 bits per heavy atom. The predicted octanol–water partition coefficient (Wildman–Crippen LogP) is 2.77. The average molecular weight is 323 g/mol. The number of imidazole rings is 2. The molecule has 1 amide bonds. The summed E-state index contributed by atoms with van der Waals surface area (Å²) in [7, 11) is 0. The van der Waals surface area contributed by atoms with Crippen LogP contribution in [0.1, 0.15) is 19.0 Å². The fraction of sp³-hybridized carbons (Fsp3) is 0.278. The molecule has 2 N–H and O–H groups in total. The van der Waals surface area contributed by atoms with Crippen molar-refractivity contribution < 1.29 is 4.79 Å². The average Bonchev–Trinajstić information content (AvgIpc) is 3.21. The number of H-pyrrole nitrogens is 1. The van der Waals surface area contributed by atoms with Crippen LogP contribution in [0.2, 0.25) is 0 Å². The van der Waals surface area contributed by atoms with Crippen LogP contribution in [-0.4, -0.2) is 32.0 Å². The lowest BCUT2D eigenvalue weighted by Crippen LogP contribution is -2.26. The Morgan fingerprint density at radius 2 is 2.04 bits per heavy atom. The number of hydrogen-bond donors (Lipinski definition) is 2. The first-order valence-corrected chi connectivity index (χ1v) is 8.08. The van der Waals surface area contributed by atoms with Crippen LogP contribution >= 0.6 is 0 Å². The molecule has 2 aromatic heterocycles. The highest BCUT2D eigenvalue weighted by atomic mass is 16.1. The summed E-state index contributed by atoms with van der Waals surface area (Å²) in [5.41, 5.74) is 3.85. The molecule has 0 aliphatic heterocycles. The molecule has 0 radical (unpaired) electrons. The normalized spacial score (nSPS) is 10.8. The monoisotopic (exact) mass is 323 g/mol. The highest BCUT2D eigenvalue weighted by molar-refractivity contribution is 5.76. The molecule has 0 atom stereocenters. The molecule has 1 aromatic carbocycles. The van der Waals surface area contributed by atoms with E-state index < -0.39 is 0 Å². The third-order valence-electron chi connectivity index (χ3n) is 3.81. The Labute approximate surface area is 141 Å². The summed E-state index contributed by atoms with van der Waals surface area (Å²) in [6.07, 6.45) is 4.09. The molecule has 2 heterocycles. The van der Waals surface area contributed by atoms with Gasteiger partial charge in [-0.3, -0.25) is 4.79 Å². The summed E-state index contributed by atoms with van der Waals surface area (Å²) in [5, 5.41) is 2.90. The molecular formula is C18H21N5O. The van der Waals surface area contributed by atoms with Crippen molar-refractivity contribution in [3.8, 4) is 22.8 Å². The van der Waals surface area contributed by atoms with Gasteiger partial charge in [-0.05, 0) is 6.92 Å². The van der Waals surface area contributed by atoms with Crippen molar-refractivity contribution >= 4 is 5.91 Å². The summed E-state index contributed by atoms with van der Waals surface area (Å²) in [4.78, 5) is 23.8. The van der Waals surface area contributed by atoms with Crippen LogP contribution in [0.15, 0.2) is 42.9 Å². The van der Waals surface area contributed by atoms with E-state index in [1.165, 1.54) is 0 Å². The standard InChI is InChI=1S/C18H21N5O/c1-3-15(24)19-9-10-23-12-21-16(14-7-5-4-6-8-14)17(23)18-20-11-13(2)22-18/h4-8,11-12H,3,9-10H2,1-2H3,(H,19,24)(H,20,22). The minimum Gasteiger partial charge on any atom is -0.354 e. The fourth-order valence-corrected chi connectivity index (χ4v) is 2.58. The third-order valence-corrected chi connectivity index (χ3v) is 3.81. The number of nitrogens with one attached hydrogen (secondary N) is 2. The molecule has 3 aromatic rings. The number of hydrogen-bond acceptors (Lipinski definition) is 3. The van der Waals surface area contributed by atoms with Crippen molar-refractivity contribution in [3.63, 3.8) is 0 Å². The van der Waals surface area contributed by atoms with Gasteiger partial charge in [0, 0.05) is 37.0 Å². The Bertz CT molecular complexity index is 819. The van der Waals surface area contributed by atoms with E-state index in [-0.39, 0.29) is 5.91 Å². The lowest BCUT2D eigenvalue weighted by molar-refractivity contribution is -0.120. The van der Waals surface area contributed by atoms with Crippen LogP contribution in [0.3, 0.4) is 0 Å². The van der Waals surface area contributed by atoms with Gasteiger partial charge in [-0.15, -0.1) is 0 Å². The SMILES string of the molecule is CCC(=O)NCCn1cnc(-c2ccccc2)c1-c1ncc(C)[nH]1. The quantitative estimate of drug-likeness (QED) is 0.732. The summed E-state index contributed by atoms with van der Waals surface area (Å²) >= 11 is 0. The molecule has 6 heteroatoms. The smallest absolute Gasteiger partial charge is 0.219 e. The van der Waals surface area contributed by atoms with E-state index in [1.807, 2.05) is 48.7 Å². The predicted molar refractivity (Wildman–Crippen MR) is 93.3 cm³/mol. The molecule has 0 fully saturated rings. The van der Waals surface area contributed by atoms with Crippen LogP contribution < -0.4 is 5.32 Å².